The third-order valence-corrected chi connectivity index (χ3v) is 8.07. The highest BCUT2D eigenvalue weighted by Crippen LogP contribution is 2.58. The number of halogens is 6. The molecule has 2 bridgehead atoms. The van der Waals surface area contributed by atoms with E-state index >= 15 is 0 Å². The Morgan fingerprint density at radius 1 is 1.10 bits per heavy atom. The summed E-state index contributed by atoms with van der Waals surface area (Å²) in [5, 5.41) is 0. The van der Waals surface area contributed by atoms with E-state index in [1.807, 2.05) is 0 Å². The second-order valence-electron chi connectivity index (χ2n) is 9.65. The van der Waals surface area contributed by atoms with Gasteiger partial charge in [-0.2, -0.15) is 34.8 Å². The molecular weight excluding hydrogens is 565 g/mol. The Kier molecular flexibility index (Phi) is 7.24. The van der Waals surface area contributed by atoms with Gasteiger partial charge in [0.05, 0.1) is 13.8 Å². The summed E-state index contributed by atoms with van der Waals surface area (Å²) in [4.78, 5) is 37.8. The molecule has 212 valence electrons. The van der Waals surface area contributed by atoms with Crippen LogP contribution in [0.3, 0.4) is 0 Å². The first-order chi connectivity index (χ1) is 17.9. The summed E-state index contributed by atoms with van der Waals surface area (Å²) >= 11 is 0. The molecule has 1 aliphatic heterocycles. The molecule has 1 N–H and O–H groups in total. The lowest BCUT2D eigenvalue weighted by atomic mass is 9.78. The number of hydrogen-bond donors (Lipinski definition) is 1. The molecule has 5 atom stereocenters. The van der Waals surface area contributed by atoms with E-state index in [2.05, 4.69) is 4.74 Å². The number of ketones is 1. The molecule has 0 spiro atoms. The van der Waals surface area contributed by atoms with Crippen LogP contribution in [0.4, 0.5) is 26.3 Å². The number of alkyl halides is 6. The van der Waals surface area contributed by atoms with Gasteiger partial charge in [0.15, 0.2) is 5.78 Å². The van der Waals surface area contributed by atoms with Crippen LogP contribution in [0.1, 0.15) is 28.8 Å². The Labute approximate surface area is 218 Å². The van der Waals surface area contributed by atoms with Crippen molar-refractivity contribution in [3.63, 3.8) is 0 Å². The largest absolute Gasteiger partial charge is 0.485 e. The molecule has 1 aromatic carbocycles. The molecule has 3 fully saturated rings. The molecular formula is C22H19BF6O9S. The minimum atomic E-state index is -6.53. The van der Waals surface area contributed by atoms with Crippen LogP contribution >= 0.6 is 0 Å². The Hall–Kier alpha value is -2.82. The summed E-state index contributed by atoms with van der Waals surface area (Å²) in [5.74, 6) is -8.93. The van der Waals surface area contributed by atoms with Crippen molar-refractivity contribution in [2.75, 3.05) is 12.4 Å². The average Bonchev–Trinajstić information content (AvgIpc) is 3.42. The molecule has 3 aliphatic rings. The SMILES string of the molecule is [B]Cc1ccc(C(=O)OC(CS(=O)(=O)O)(C(F)(F)F)C(F)(F)F)c(OCC(=O)C2C3CC4OC(=O)C2C4C3)c1. The van der Waals surface area contributed by atoms with Crippen molar-refractivity contribution in [2.45, 2.75) is 43.2 Å². The van der Waals surface area contributed by atoms with Gasteiger partial charge in [0, 0.05) is 11.8 Å². The minimum absolute atomic E-state index is 0.136. The fourth-order valence-electron chi connectivity index (χ4n) is 5.62. The van der Waals surface area contributed by atoms with Gasteiger partial charge in [-0.1, -0.05) is 17.9 Å². The molecule has 2 radical (unpaired) electrons. The second kappa shape index (κ2) is 9.68. The third kappa shape index (κ3) is 5.22. The van der Waals surface area contributed by atoms with Crippen molar-refractivity contribution in [3.8, 4) is 5.75 Å². The number of hydrogen-bond acceptors (Lipinski definition) is 8. The van der Waals surface area contributed by atoms with Crippen LogP contribution in [-0.4, -0.2) is 75.0 Å². The number of fused-ring (bicyclic) bond motifs is 1. The third-order valence-electron chi connectivity index (χ3n) is 7.30. The van der Waals surface area contributed by atoms with E-state index in [4.69, 9.17) is 21.9 Å². The van der Waals surface area contributed by atoms with Crippen LogP contribution in [0.15, 0.2) is 18.2 Å². The number of ether oxygens (including phenoxy) is 3. The maximum absolute atomic E-state index is 13.6. The first-order valence-corrected chi connectivity index (χ1v) is 13.0. The molecule has 5 unspecified atom stereocenters. The van der Waals surface area contributed by atoms with Crippen LogP contribution in [0.5, 0.6) is 5.75 Å². The Morgan fingerprint density at radius 3 is 2.31 bits per heavy atom. The van der Waals surface area contributed by atoms with Crippen molar-refractivity contribution in [1.82, 2.24) is 0 Å². The van der Waals surface area contributed by atoms with Gasteiger partial charge in [-0.25, -0.2) is 4.79 Å². The highest BCUT2D eigenvalue weighted by molar-refractivity contribution is 7.85. The number of carbonyl (C=O) groups is 3. The van der Waals surface area contributed by atoms with Crippen LogP contribution in [-0.2, 0) is 35.5 Å². The van der Waals surface area contributed by atoms with E-state index in [-0.39, 0.29) is 29.8 Å². The van der Waals surface area contributed by atoms with E-state index in [9.17, 15) is 49.1 Å². The molecule has 17 heteroatoms. The molecule has 1 aromatic rings. The fourth-order valence-corrected chi connectivity index (χ4v) is 6.52. The highest BCUT2D eigenvalue weighted by atomic mass is 32.2. The quantitative estimate of drug-likeness (QED) is 0.201. The number of carbonyl (C=O) groups excluding carboxylic acids is 3. The summed E-state index contributed by atoms with van der Waals surface area (Å²) in [6, 6.07) is 2.77. The zero-order chi connectivity index (χ0) is 29.1. The number of rotatable bonds is 9. The molecule has 39 heavy (non-hydrogen) atoms. The number of benzene rings is 1. The fraction of sp³-hybridized carbons (Fsp3) is 0.591. The zero-order valence-electron chi connectivity index (χ0n) is 19.6. The Bertz CT molecular complexity index is 1280. The van der Waals surface area contributed by atoms with E-state index in [0.717, 1.165) is 18.2 Å². The smallest absolute Gasteiger partial charge is 0.438 e. The molecule has 2 saturated carbocycles. The van der Waals surface area contributed by atoms with Crippen LogP contribution in [0.2, 0.25) is 0 Å². The predicted octanol–water partition coefficient (Wildman–Crippen LogP) is 2.41. The van der Waals surface area contributed by atoms with Crippen molar-refractivity contribution in [2.24, 2.45) is 23.7 Å². The molecule has 4 rings (SSSR count). The lowest BCUT2D eigenvalue weighted by Gasteiger charge is -2.35. The normalized spacial score (nSPS) is 26.4. The summed E-state index contributed by atoms with van der Waals surface area (Å²) in [6.07, 6.45) is -12.5. The van der Waals surface area contributed by atoms with Gasteiger partial charge in [0.1, 0.15) is 29.8 Å². The monoisotopic (exact) mass is 584 g/mol. The van der Waals surface area contributed by atoms with Crippen LogP contribution in [0, 0.1) is 23.7 Å². The topological polar surface area (TPSA) is 133 Å². The molecule has 0 aromatic heterocycles. The summed E-state index contributed by atoms with van der Waals surface area (Å²) in [6.45, 7) is -0.800. The van der Waals surface area contributed by atoms with Crippen molar-refractivity contribution in [3.05, 3.63) is 29.3 Å². The van der Waals surface area contributed by atoms with Crippen LogP contribution < -0.4 is 4.74 Å². The van der Waals surface area contributed by atoms with Gasteiger partial charge in [0.25, 0.3) is 10.1 Å². The van der Waals surface area contributed by atoms with Crippen molar-refractivity contribution >= 4 is 35.7 Å². The van der Waals surface area contributed by atoms with Crippen molar-refractivity contribution < 1.29 is 67.9 Å². The summed E-state index contributed by atoms with van der Waals surface area (Å²) in [5.41, 5.74) is -6.44. The van der Waals surface area contributed by atoms with E-state index in [0.29, 0.717) is 12.8 Å². The Morgan fingerprint density at radius 2 is 1.74 bits per heavy atom. The number of Topliss-reactive ketones (excluding diaryl/α,β-unsaturated/α-hetero) is 1. The minimum Gasteiger partial charge on any atom is -0.485 e. The summed E-state index contributed by atoms with van der Waals surface area (Å²) < 4.78 is 127. The van der Waals surface area contributed by atoms with Gasteiger partial charge >= 0.3 is 29.9 Å². The average molecular weight is 584 g/mol. The predicted molar refractivity (Wildman–Crippen MR) is 116 cm³/mol. The van der Waals surface area contributed by atoms with E-state index in [1.54, 1.807) is 0 Å². The summed E-state index contributed by atoms with van der Waals surface area (Å²) in [7, 11) is -0.487. The highest BCUT2D eigenvalue weighted by Gasteiger charge is 2.76. The first-order valence-electron chi connectivity index (χ1n) is 11.4. The van der Waals surface area contributed by atoms with Gasteiger partial charge in [-0.15, -0.1) is 0 Å². The van der Waals surface area contributed by atoms with Gasteiger partial charge < -0.3 is 14.2 Å². The molecule has 1 heterocycles. The Balaban J connectivity index is 1.61. The van der Waals surface area contributed by atoms with E-state index < -0.39 is 81.3 Å². The second-order valence-corrected chi connectivity index (χ2v) is 11.1. The first kappa shape index (κ1) is 29.2. The molecule has 2 aliphatic carbocycles. The molecule has 0 amide bonds. The zero-order valence-corrected chi connectivity index (χ0v) is 20.4. The maximum atomic E-state index is 13.6. The van der Waals surface area contributed by atoms with E-state index in [1.165, 1.54) is 0 Å². The van der Waals surface area contributed by atoms with Gasteiger partial charge in [0.2, 0.25) is 0 Å². The van der Waals surface area contributed by atoms with Crippen LogP contribution in [0.25, 0.3) is 0 Å². The standard InChI is InChI=1S/C22H19BF6O9S/c23-6-9-1-2-11(18(31)38-20(21(24,25)26,22(27,28)29)8-39(33,34)35)14(3-9)36-7-13(30)16-10-4-12-15(5-10)37-19(32)17(12)16/h1-3,10,12,15-17H,4-8H2,(H,33,34,35). The maximum Gasteiger partial charge on any atom is 0.438 e. The lowest BCUT2D eigenvalue weighted by Crippen LogP contribution is -2.63. The van der Waals surface area contributed by atoms with Gasteiger partial charge in [-0.05, 0) is 30.9 Å². The molecule has 9 nitrogen and oxygen atoms in total. The molecule has 1 saturated heterocycles. The van der Waals surface area contributed by atoms with Gasteiger partial charge in [-0.3, -0.25) is 14.1 Å². The lowest BCUT2D eigenvalue weighted by molar-refractivity contribution is -0.356. The van der Waals surface area contributed by atoms with Crippen molar-refractivity contribution in [1.29, 1.82) is 0 Å². The number of esters is 2.